The normalized spacial score (nSPS) is 19.0. The SMILES string of the molecule is Cl.Cl.N#Cc1cc([C@H](C2CCCC2)N2CCNCC2)c(O)c([N+](=O)[O-])c1. The summed E-state index contributed by atoms with van der Waals surface area (Å²) in [7, 11) is 0. The van der Waals surface area contributed by atoms with Gasteiger partial charge in [0, 0.05) is 43.9 Å². The zero-order valence-corrected chi connectivity index (χ0v) is 16.0. The Balaban J connectivity index is 0.00000169. The lowest BCUT2D eigenvalue weighted by Crippen LogP contribution is -2.46. The van der Waals surface area contributed by atoms with Crippen LogP contribution in [0, 0.1) is 27.4 Å². The third kappa shape index (κ3) is 4.57. The maximum atomic E-state index is 11.3. The number of rotatable bonds is 4. The van der Waals surface area contributed by atoms with Gasteiger partial charge in [0.25, 0.3) is 0 Å². The first-order valence-corrected chi connectivity index (χ1v) is 8.48. The number of hydrogen-bond donors (Lipinski definition) is 2. The van der Waals surface area contributed by atoms with E-state index >= 15 is 0 Å². The summed E-state index contributed by atoms with van der Waals surface area (Å²) in [4.78, 5) is 13.0. The van der Waals surface area contributed by atoms with Gasteiger partial charge >= 0.3 is 5.69 Å². The molecule has 0 unspecified atom stereocenters. The quantitative estimate of drug-likeness (QED) is 0.592. The minimum Gasteiger partial charge on any atom is -0.502 e. The molecule has 1 aromatic rings. The van der Waals surface area contributed by atoms with Crippen molar-refractivity contribution in [2.45, 2.75) is 31.7 Å². The number of phenolic OH excluding ortho intramolecular Hbond substituents is 1. The monoisotopic (exact) mass is 402 g/mol. The Bertz CT molecular complexity index is 669. The van der Waals surface area contributed by atoms with Crippen molar-refractivity contribution in [3.63, 3.8) is 0 Å². The Morgan fingerprint density at radius 2 is 1.88 bits per heavy atom. The zero-order valence-electron chi connectivity index (χ0n) is 14.4. The number of nitrogens with zero attached hydrogens (tertiary/aromatic N) is 3. The van der Waals surface area contributed by atoms with Gasteiger partial charge in [0.1, 0.15) is 0 Å². The van der Waals surface area contributed by atoms with E-state index in [1.54, 1.807) is 6.07 Å². The molecule has 0 spiro atoms. The van der Waals surface area contributed by atoms with E-state index < -0.39 is 4.92 Å². The van der Waals surface area contributed by atoms with Gasteiger partial charge in [-0.2, -0.15) is 5.26 Å². The van der Waals surface area contributed by atoms with Crippen LogP contribution in [0.4, 0.5) is 5.69 Å². The maximum Gasteiger partial charge on any atom is 0.312 e. The van der Waals surface area contributed by atoms with E-state index in [9.17, 15) is 20.5 Å². The molecule has 2 fully saturated rings. The van der Waals surface area contributed by atoms with E-state index in [4.69, 9.17) is 0 Å². The number of nitriles is 1. The standard InChI is InChI=1S/C17H22N4O3.2ClH/c18-11-12-9-14(17(22)15(10-12)21(23)24)16(13-3-1-2-4-13)20-7-5-19-6-8-20;;/h9-10,13,16,19,22H,1-8H2;2*1H/t16-;;/m0../s1. The third-order valence-electron chi connectivity index (χ3n) is 5.16. The van der Waals surface area contributed by atoms with Gasteiger partial charge < -0.3 is 10.4 Å². The first kappa shape index (κ1) is 22.5. The van der Waals surface area contributed by atoms with E-state index in [0.717, 1.165) is 57.9 Å². The summed E-state index contributed by atoms with van der Waals surface area (Å²) in [5.41, 5.74) is 0.393. The highest BCUT2D eigenvalue weighted by Crippen LogP contribution is 2.45. The summed E-state index contributed by atoms with van der Waals surface area (Å²) in [6.07, 6.45) is 4.40. The highest BCUT2D eigenvalue weighted by atomic mass is 35.5. The van der Waals surface area contributed by atoms with Crippen LogP contribution in [0.5, 0.6) is 5.75 Å². The van der Waals surface area contributed by atoms with Crippen molar-refractivity contribution in [2.24, 2.45) is 5.92 Å². The van der Waals surface area contributed by atoms with E-state index in [1.807, 2.05) is 6.07 Å². The molecule has 9 heteroatoms. The van der Waals surface area contributed by atoms with Crippen LogP contribution in [0.25, 0.3) is 0 Å². The molecule has 0 bridgehead atoms. The topological polar surface area (TPSA) is 102 Å². The van der Waals surface area contributed by atoms with Gasteiger partial charge in [-0.05, 0) is 24.8 Å². The molecule has 1 saturated carbocycles. The molecular formula is C17H24Cl2N4O3. The second-order valence-corrected chi connectivity index (χ2v) is 6.58. The van der Waals surface area contributed by atoms with Crippen LogP contribution in [0.15, 0.2) is 12.1 Å². The van der Waals surface area contributed by atoms with Crippen molar-refractivity contribution in [1.29, 1.82) is 5.26 Å². The van der Waals surface area contributed by atoms with Gasteiger partial charge in [-0.15, -0.1) is 24.8 Å². The molecule has 0 radical (unpaired) electrons. The molecule has 0 amide bonds. The second-order valence-electron chi connectivity index (χ2n) is 6.58. The lowest BCUT2D eigenvalue weighted by atomic mass is 9.88. The van der Waals surface area contributed by atoms with Crippen LogP contribution < -0.4 is 5.32 Å². The number of benzene rings is 1. The van der Waals surface area contributed by atoms with Crippen molar-refractivity contribution in [2.75, 3.05) is 26.2 Å². The summed E-state index contributed by atoms with van der Waals surface area (Å²) >= 11 is 0. The van der Waals surface area contributed by atoms with Crippen molar-refractivity contribution in [3.8, 4) is 11.8 Å². The Labute approximate surface area is 165 Å². The number of halogens is 2. The molecule has 1 heterocycles. The molecule has 2 N–H and O–H groups in total. The summed E-state index contributed by atoms with van der Waals surface area (Å²) in [6.45, 7) is 3.41. The van der Waals surface area contributed by atoms with Gasteiger partial charge in [0.2, 0.25) is 0 Å². The van der Waals surface area contributed by atoms with Gasteiger partial charge in [-0.1, -0.05) is 12.8 Å². The maximum absolute atomic E-state index is 11.3. The fourth-order valence-electron chi connectivity index (χ4n) is 4.05. The third-order valence-corrected chi connectivity index (χ3v) is 5.16. The number of nitro groups is 1. The van der Waals surface area contributed by atoms with Crippen LogP contribution in [0.3, 0.4) is 0 Å². The highest BCUT2D eigenvalue weighted by Gasteiger charge is 2.35. The summed E-state index contributed by atoms with van der Waals surface area (Å²) < 4.78 is 0. The molecule has 144 valence electrons. The van der Waals surface area contributed by atoms with E-state index in [2.05, 4.69) is 10.2 Å². The average molecular weight is 403 g/mol. The fraction of sp³-hybridized carbons (Fsp3) is 0.588. The van der Waals surface area contributed by atoms with Crippen LogP contribution >= 0.6 is 24.8 Å². The van der Waals surface area contributed by atoms with Crippen LogP contribution in [-0.4, -0.2) is 41.1 Å². The van der Waals surface area contributed by atoms with Crippen LogP contribution in [0.1, 0.15) is 42.9 Å². The number of hydrogen-bond acceptors (Lipinski definition) is 6. The number of nitro benzene ring substituents is 1. The molecule has 3 rings (SSSR count). The fourth-order valence-corrected chi connectivity index (χ4v) is 4.05. The minimum absolute atomic E-state index is 0. The zero-order chi connectivity index (χ0) is 17.1. The van der Waals surface area contributed by atoms with Gasteiger partial charge in [0.05, 0.1) is 16.6 Å². The first-order valence-electron chi connectivity index (χ1n) is 8.48. The highest BCUT2D eigenvalue weighted by molar-refractivity contribution is 5.85. The van der Waals surface area contributed by atoms with Crippen LogP contribution in [-0.2, 0) is 0 Å². The van der Waals surface area contributed by atoms with Crippen molar-refractivity contribution >= 4 is 30.5 Å². The summed E-state index contributed by atoms with van der Waals surface area (Å²) in [6, 6.07) is 4.71. The smallest absolute Gasteiger partial charge is 0.312 e. The van der Waals surface area contributed by atoms with Gasteiger partial charge in [-0.25, -0.2) is 0 Å². The molecule has 0 aromatic heterocycles. The minimum atomic E-state index is -0.608. The Morgan fingerprint density at radius 1 is 1.27 bits per heavy atom. The van der Waals surface area contributed by atoms with E-state index in [1.165, 1.54) is 0 Å². The molecule has 1 aliphatic heterocycles. The summed E-state index contributed by atoms with van der Waals surface area (Å²) in [5.74, 6) is 0.0805. The number of piperazine rings is 1. The van der Waals surface area contributed by atoms with Crippen LogP contribution in [0.2, 0.25) is 0 Å². The molecular weight excluding hydrogens is 379 g/mol. The van der Waals surface area contributed by atoms with Crippen molar-refractivity contribution < 1.29 is 10.0 Å². The average Bonchev–Trinajstić information content (AvgIpc) is 3.11. The summed E-state index contributed by atoms with van der Waals surface area (Å²) in [5, 5.41) is 34.4. The molecule has 2 aliphatic rings. The van der Waals surface area contributed by atoms with Gasteiger partial charge in [0.15, 0.2) is 5.75 Å². The number of nitrogens with one attached hydrogen (secondary N) is 1. The molecule has 1 atom stereocenters. The number of aromatic hydroxyl groups is 1. The Morgan fingerprint density at radius 3 is 2.42 bits per heavy atom. The largest absolute Gasteiger partial charge is 0.502 e. The Hall–Kier alpha value is -1.59. The predicted octanol–water partition coefficient (Wildman–Crippen LogP) is 3.15. The second kappa shape index (κ2) is 9.93. The predicted molar refractivity (Wildman–Crippen MR) is 103 cm³/mol. The van der Waals surface area contributed by atoms with E-state index in [-0.39, 0.29) is 47.9 Å². The first-order chi connectivity index (χ1) is 11.6. The van der Waals surface area contributed by atoms with Crippen molar-refractivity contribution in [1.82, 2.24) is 10.2 Å². The van der Waals surface area contributed by atoms with Crippen molar-refractivity contribution in [3.05, 3.63) is 33.4 Å². The molecule has 1 saturated heterocycles. The molecule has 7 nitrogen and oxygen atoms in total. The lowest BCUT2D eigenvalue weighted by Gasteiger charge is -2.38. The van der Waals surface area contributed by atoms with E-state index in [0.29, 0.717) is 11.5 Å². The number of phenols is 1. The Kier molecular flexibility index (Phi) is 8.57. The lowest BCUT2D eigenvalue weighted by molar-refractivity contribution is -0.386. The van der Waals surface area contributed by atoms with Gasteiger partial charge in [-0.3, -0.25) is 15.0 Å². The molecule has 1 aliphatic carbocycles. The molecule has 26 heavy (non-hydrogen) atoms. The molecule has 1 aromatic carbocycles.